The molecule has 1 heterocycles. The van der Waals surface area contributed by atoms with Gasteiger partial charge in [0.05, 0.1) is 11.7 Å². The van der Waals surface area contributed by atoms with Crippen LogP contribution >= 0.6 is 0 Å². The van der Waals surface area contributed by atoms with Crippen LogP contribution in [0.15, 0.2) is 0 Å². The highest BCUT2D eigenvalue weighted by molar-refractivity contribution is 4.98. The van der Waals surface area contributed by atoms with E-state index in [1.54, 1.807) is 0 Å². The van der Waals surface area contributed by atoms with Crippen LogP contribution in [-0.2, 0) is 4.74 Å². The summed E-state index contributed by atoms with van der Waals surface area (Å²) in [6, 6.07) is 0. The minimum absolute atomic E-state index is 0.00810. The van der Waals surface area contributed by atoms with Gasteiger partial charge in [-0.05, 0) is 60.8 Å². The highest BCUT2D eigenvalue weighted by atomic mass is 16.5. The van der Waals surface area contributed by atoms with Crippen LogP contribution in [0.5, 0.6) is 0 Å². The molecule has 0 radical (unpaired) electrons. The second-order valence-corrected chi connectivity index (χ2v) is 7.15. The number of hydrogen-bond donors (Lipinski definition) is 1. The van der Waals surface area contributed by atoms with Crippen LogP contribution in [0.1, 0.15) is 67.7 Å². The summed E-state index contributed by atoms with van der Waals surface area (Å²) < 4.78 is 6.26. The van der Waals surface area contributed by atoms with Crippen molar-refractivity contribution >= 4 is 0 Å². The standard InChI is InChI=1S/C14H29NO/c1-8-14(6,7)16-11-9-12(2,3)15-13(4,5)10-11/h11,15H,8-10H2,1-7H3. The Morgan fingerprint density at radius 3 is 1.94 bits per heavy atom. The molecule has 2 heteroatoms. The number of rotatable bonds is 3. The minimum Gasteiger partial charge on any atom is -0.372 e. The summed E-state index contributed by atoms with van der Waals surface area (Å²) in [5, 5.41) is 3.69. The van der Waals surface area contributed by atoms with Crippen LogP contribution in [0.2, 0.25) is 0 Å². The van der Waals surface area contributed by atoms with Gasteiger partial charge in [0, 0.05) is 11.1 Å². The quantitative estimate of drug-likeness (QED) is 0.797. The van der Waals surface area contributed by atoms with Gasteiger partial charge in [0.2, 0.25) is 0 Å². The van der Waals surface area contributed by atoms with Crippen molar-refractivity contribution in [2.24, 2.45) is 0 Å². The van der Waals surface area contributed by atoms with Crippen molar-refractivity contribution in [2.45, 2.75) is 90.5 Å². The fourth-order valence-electron chi connectivity index (χ4n) is 2.85. The van der Waals surface area contributed by atoms with E-state index in [0.29, 0.717) is 6.10 Å². The maximum Gasteiger partial charge on any atom is 0.0627 e. The topological polar surface area (TPSA) is 21.3 Å². The lowest BCUT2D eigenvalue weighted by atomic mass is 9.80. The molecule has 0 aromatic heterocycles. The molecular weight excluding hydrogens is 198 g/mol. The zero-order chi connectivity index (χ0) is 12.6. The van der Waals surface area contributed by atoms with Gasteiger partial charge in [-0.3, -0.25) is 0 Å². The Morgan fingerprint density at radius 1 is 1.12 bits per heavy atom. The summed E-state index contributed by atoms with van der Waals surface area (Å²) in [7, 11) is 0. The van der Waals surface area contributed by atoms with E-state index in [0.717, 1.165) is 19.3 Å². The molecule has 1 rings (SSSR count). The number of nitrogens with one attached hydrogen (secondary N) is 1. The van der Waals surface area contributed by atoms with Gasteiger partial charge in [-0.25, -0.2) is 0 Å². The fourth-order valence-corrected chi connectivity index (χ4v) is 2.85. The Morgan fingerprint density at radius 2 is 1.56 bits per heavy atom. The molecule has 0 aromatic carbocycles. The second-order valence-electron chi connectivity index (χ2n) is 7.15. The lowest BCUT2D eigenvalue weighted by Crippen LogP contribution is -2.60. The van der Waals surface area contributed by atoms with Crippen molar-refractivity contribution in [2.75, 3.05) is 0 Å². The number of piperidine rings is 1. The molecule has 0 bridgehead atoms. The molecule has 0 spiro atoms. The summed E-state index contributed by atoms with van der Waals surface area (Å²) in [4.78, 5) is 0. The van der Waals surface area contributed by atoms with Crippen molar-refractivity contribution < 1.29 is 4.74 Å². The molecule has 1 fully saturated rings. The van der Waals surface area contributed by atoms with E-state index in [-0.39, 0.29) is 16.7 Å². The second kappa shape index (κ2) is 4.30. The first kappa shape index (κ1) is 14.0. The Balaban J connectivity index is 2.68. The molecule has 96 valence electrons. The third-order valence-electron chi connectivity index (χ3n) is 3.49. The maximum absolute atomic E-state index is 6.26. The molecular formula is C14H29NO. The van der Waals surface area contributed by atoms with Gasteiger partial charge in [-0.2, -0.15) is 0 Å². The highest BCUT2D eigenvalue weighted by Gasteiger charge is 2.39. The summed E-state index contributed by atoms with van der Waals surface area (Å²) in [5.41, 5.74) is 0.362. The van der Waals surface area contributed by atoms with Crippen molar-refractivity contribution in [3.05, 3.63) is 0 Å². The minimum atomic E-state index is 0.00810. The van der Waals surface area contributed by atoms with E-state index in [1.165, 1.54) is 0 Å². The van der Waals surface area contributed by atoms with Crippen LogP contribution in [0.3, 0.4) is 0 Å². The molecule has 1 N–H and O–H groups in total. The lowest BCUT2D eigenvalue weighted by molar-refractivity contribution is -0.109. The SMILES string of the molecule is CCC(C)(C)OC1CC(C)(C)NC(C)(C)C1. The zero-order valence-electron chi connectivity index (χ0n) is 12.1. The molecule has 16 heavy (non-hydrogen) atoms. The first-order valence-corrected chi connectivity index (χ1v) is 6.52. The highest BCUT2D eigenvalue weighted by Crippen LogP contribution is 2.33. The van der Waals surface area contributed by atoms with Gasteiger partial charge in [-0.15, -0.1) is 0 Å². The molecule has 0 aliphatic carbocycles. The van der Waals surface area contributed by atoms with E-state index < -0.39 is 0 Å². The number of hydrogen-bond acceptors (Lipinski definition) is 2. The number of ether oxygens (including phenoxy) is 1. The Kier molecular flexibility index (Phi) is 3.76. The molecule has 1 aliphatic rings. The largest absolute Gasteiger partial charge is 0.372 e. The van der Waals surface area contributed by atoms with Crippen LogP contribution in [-0.4, -0.2) is 22.8 Å². The van der Waals surface area contributed by atoms with Gasteiger partial charge in [0.1, 0.15) is 0 Å². The van der Waals surface area contributed by atoms with Crippen molar-refractivity contribution in [3.8, 4) is 0 Å². The molecule has 0 unspecified atom stereocenters. The average molecular weight is 227 g/mol. The Labute approximate surface area is 101 Å². The van der Waals surface area contributed by atoms with E-state index in [9.17, 15) is 0 Å². The maximum atomic E-state index is 6.26. The predicted molar refractivity (Wildman–Crippen MR) is 69.8 cm³/mol. The monoisotopic (exact) mass is 227 g/mol. The molecule has 1 aliphatic heterocycles. The average Bonchev–Trinajstić information content (AvgIpc) is 1.96. The summed E-state index contributed by atoms with van der Waals surface area (Å²) in [6.07, 6.45) is 3.64. The predicted octanol–water partition coefficient (Wildman–Crippen LogP) is 3.50. The third kappa shape index (κ3) is 4.06. The van der Waals surface area contributed by atoms with Gasteiger partial charge in [0.15, 0.2) is 0 Å². The molecule has 0 atom stereocenters. The summed E-state index contributed by atoms with van der Waals surface area (Å²) in [5.74, 6) is 0. The first-order valence-electron chi connectivity index (χ1n) is 6.52. The van der Waals surface area contributed by atoms with Crippen LogP contribution in [0.25, 0.3) is 0 Å². The van der Waals surface area contributed by atoms with Crippen molar-refractivity contribution in [3.63, 3.8) is 0 Å². The van der Waals surface area contributed by atoms with Gasteiger partial charge >= 0.3 is 0 Å². The smallest absolute Gasteiger partial charge is 0.0627 e. The molecule has 1 saturated heterocycles. The molecule has 0 saturated carbocycles. The molecule has 0 aromatic rings. The molecule has 0 amide bonds. The van der Waals surface area contributed by atoms with Crippen LogP contribution in [0.4, 0.5) is 0 Å². The normalized spacial score (nSPS) is 25.7. The van der Waals surface area contributed by atoms with E-state index >= 15 is 0 Å². The fraction of sp³-hybridized carbons (Fsp3) is 1.00. The summed E-state index contributed by atoms with van der Waals surface area (Å²) in [6.45, 7) is 15.6. The molecule has 2 nitrogen and oxygen atoms in total. The van der Waals surface area contributed by atoms with Gasteiger partial charge in [-0.1, -0.05) is 6.92 Å². The van der Waals surface area contributed by atoms with E-state index in [2.05, 4.69) is 53.8 Å². The zero-order valence-corrected chi connectivity index (χ0v) is 12.1. The van der Waals surface area contributed by atoms with Crippen molar-refractivity contribution in [1.82, 2.24) is 5.32 Å². The van der Waals surface area contributed by atoms with Crippen molar-refractivity contribution in [1.29, 1.82) is 0 Å². The van der Waals surface area contributed by atoms with E-state index in [1.807, 2.05) is 0 Å². The Hall–Kier alpha value is -0.0800. The summed E-state index contributed by atoms with van der Waals surface area (Å²) >= 11 is 0. The van der Waals surface area contributed by atoms with Gasteiger partial charge < -0.3 is 10.1 Å². The third-order valence-corrected chi connectivity index (χ3v) is 3.49. The first-order chi connectivity index (χ1) is 7.05. The van der Waals surface area contributed by atoms with Gasteiger partial charge in [0.25, 0.3) is 0 Å². The lowest BCUT2D eigenvalue weighted by Gasteiger charge is -2.48. The van der Waals surface area contributed by atoms with E-state index in [4.69, 9.17) is 4.74 Å². The Bertz CT molecular complexity index is 227. The van der Waals surface area contributed by atoms with Crippen LogP contribution in [0, 0.1) is 0 Å². The van der Waals surface area contributed by atoms with Crippen LogP contribution < -0.4 is 5.32 Å².